The molecule has 0 aliphatic carbocycles. The van der Waals surface area contributed by atoms with E-state index in [4.69, 9.17) is 9.47 Å². The van der Waals surface area contributed by atoms with Crippen LogP contribution in [0.2, 0.25) is 0 Å². The molecule has 0 saturated heterocycles. The summed E-state index contributed by atoms with van der Waals surface area (Å²) in [5.74, 6) is -0.437. The number of carbonyl (C=O) groups is 2. The summed E-state index contributed by atoms with van der Waals surface area (Å²) in [6, 6.07) is 12.5. The predicted molar refractivity (Wildman–Crippen MR) is 92.4 cm³/mol. The van der Waals surface area contributed by atoms with E-state index in [0.717, 1.165) is 16.8 Å². The maximum atomic E-state index is 12.1. The van der Waals surface area contributed by atoms with Gasteiger partial charge in [-0.2, -0.15) is 0 Å². The van der Waals surface area contributed by atoms with Crippen LogP contribution in [-0.2, 0) is 9.53 Å². The zero-order valence-corrected chi connectivity index (χ0v) is 14.1. The van der Waals surface area contributed by atoms with E-state index in [1.807, 2.05) is 32.0 Å². The molecule has 24 heavy (non-hydrogen) atoms. The van der Waals surface area contributed by atoms with E-state index in [9.17, 15) is 9.59 Å². The Morgan fingerprint density at radius 1 is 1.04 bits per heavy atom. The number of para-hydroxylation sites is 1. The van der Waals surface area contributed by atoms with Crippen molar-refractivity contribution in [3.63, 3.8) is 0 Å². The Hall–Kier alpha value is -2.82. The van der Waals surface area contributed by atoms with Crippen molar-refractivity contribution >= 4 is 17.6 Å². The van der Waals surface area contributed by atoms with Crippen LogP contribution < -0.4 is 10.1 Å². The molecular formula is C19H21NO4. The second kappa shape index (κ2) is 8.15. The summed E-state index contributed by atoms with van der Waals surface area (Å²) in [5.41, 5.74) is 3.16. The average molecular weight is 327 g/mol. The molecule has 0 heterocycles. The number of carbonyl (C=O) groups excluding carboxylic acids is 2. The number of amides is 1. The first-order chi connectivity index (χ1) is 11.5. The molecule has 0 aromatic heterocycles. The highest BCUT2D eigenvalue weighted by Gasteiger charge is 2.14. The van der Waals surface area contributed by atoms with Gasteiger partial charge >= 0.3 is 5.97 Å². The van der Waals surface area contributed by atoms with E-state index in [0.29, 0.717) is 11.3 Å². The van der Waals surface area contributed by atoms with Gasteiger partial charge in [0.05, 0.1) is 6.61 Å². The van der Waals surface area contributed by atoms with E-state index >= 15 is 0 Å². The Morgan fingerprint density at radius 2 is 1.71 bits per heavy atom. The zero-order chi connectivity index (χ0) is 17.5. The van der Waals surface area contributed by atoms with Crippen LogP contribution in [0.5, 0.6) is 5.75 Å². The SMILES string of the molecule is CCOC(=O)c1ccccc1OCC(=O)Nc1cc(C)cc(C)c1. The number of hydrogen-bond acceptors (Lipinski definition) is 4. The van der Waals surface area contributed by atoms with Gasteiger partial charge in [-0.05, 0) is 56.2 Å². The molecule has 0 aliphatic rings. The molecule has 1 amide bonds. The van der Waals surface area contributed by atoms with E-state index in [2.05, 4.69) is 5.32 Å². The van der Waals surface area contributed by atoms with Crippen molar-refractivity contribution in [1.29, 1.82) is 0 Å². The third kappa shape index (κ3) is 4.84. The molecule has 0 unspecified atom stereocenters. The van der Waals surface area contributed by atoms with Crippen LogP contribution in [0.4, 0.5) is 5.69 Å². The summed E-state index contributed by atoms with van der Waals surface area (Å²) in [4.78, 5) is 23.9. The second-order valence-electron chi connectivity index (χ2n) is 5.43. The van der Waals surface area contributed by atoms with Gasteiger partial charge in [-0.15, -0.1) is 0 Å². The van der Waals surface area contributed by atoms with Crippen molar-refractivity contribution in [2.45, 2.75) is 20.8 Å². The first-order valence-corrected chi connectivity index (χ1v) is 7.76. The highest BCUT2D eigenvalue weighted by atomic mass is 16.5. The molecule has 1 N–H and O–H groups in total. The van der Waals surface area contributed by atoms with Crippen LogP contribution in [0.15, 0.2) is 42.5 Å². The number of nitrogens with one attached hydrogen (secondary N) is 1. The number of hydrogen-bond donors (Lipinski definition) is 1. The topological polar surface area (TPSA) is 64.6 Å². The number of aryl methyl sites for hydroxylation is 2. The van der Waals surface area contributed by atoms with Crippen molar-refractivity contribution in [3.8, 4) is 5.75 Å². The molecule has 0 fully saturated rings. The maximum absolute atomic E-state index is 12.1. The Kier molecular flexibility index (Phi) is 5.95. The van der Waals surface area contributed by atoms with Crippen LogP contribution in [-0.4, -0.2) is 25.1 Å². The third-order valence-electron chi connectivity index (χ3n) is 3.25. The van der Waals surface area contributed by atoms with Crippen LogP contribution >= 0.6 is 0 Å². The Bertz CT molecular complexity index is 720. The van der Waals surface area contributed by atoms with E-state index in [1.165, 1.54) is 0 Å². The van der Waals surface area contributed by atoms with Gasteiger partial charge in [0.1, 0.15) is 11.3 Å². The molecule has 0 spiro atoms. The molecule has 2 aromatic carbocycles. The number of ether oxygens (including phenoxy) is 2. The van der Waals surface area contributed by atoms with Gasteiger partial charge in [0.15, 0.2) is 6.61 Å². The minimum atomic E-state index is -0.470. The maximum Gasteiger partial charge on any atom is 0.341 e. The van der Waals surface area contributed by atoms with Gasteiger partial charge in [-0.25, -0.2) is 4.79 Å². The summed E-state index contributed by atoms with van der Waals surface area (Å²) in [6.45, 7) is 5.76. The van der Waals surface area contributed by atoms with Gasteiger partial charge < -0.3 is 14.8 Å². The van der Waals surface area contributed by atoms with E-state index < -0.39 is 5.97 Å². The molecule has 0 aliphatic heterocycles. The normalized spacial score (nSPS) is 10.1. The zero-order valence-electron chi connectivity index (χ0n) is 14.1. The lowest BCUT2D eigenvalue weighted by molar-refractivity contribution is -0.118. The monoisotopic (exact) mass is 327 g/mol. The van der Waals surface area contributed by atoms with Crippen LogP contribution in [0.25, 0.3) is 0 Å². The molecule has 0 saturated carbocycles. The smallest absolute Gasteiger partial charge is 0.341 e. The predicted octanol–water partition coefficient (Wildman–Crippen LogP) is 3.50. The summed E-state index contributed by atoms with van der Waals surface area (Å²) < 4.78 is 10.5. The van der Waals surface area contributed by atoms with Gasteiger partial charge in [-0.1, -0.05) is 18.2 Å². The molecule has 126 valence electrons. The Labute approximate surface area is 141 Å². The highest BCUT2D eigenvalue weighted by molar-refractivity contribution is 5.94. The molecule has 5 nitrogen and oxygen atoms in total. The quantitative estimate of drug-likeness (QED) is 0.825. The van der Waals surface area contributed by atoms with Crippen LogP contribution in [0.1, 0.15) is 28.4 Å². The number of rotatable bonds is 6. The van der Waals surface area contributed by atoms with Gasteiger partial charge in [-0.3, -0.25) is 4.79 Å². The van der Waals surface area contributed by atoms with E-state index in [-0.39, 0.29) is 19.1 Å². The second-order valence-corrected chi connectivity index (χ2v) is 5.43. The number of esters is 1. The third-order valence-corrected chi connectivity index (χ3v) is 3.25. The van der Waals surface area contributed by atoms with Gasteiger partial charge in [0.25, 0.3) is 5.91 Å². The van der Waals surface area contributed by atoms with Crippen LogP contribution in [0.3, 0.4) is 0 Å². The molecule has 0 radical (unpaired) electrons. The minimum Gasteiger partial charge on any atom is -0.483 e. The molecule has 0 atom stereocenters. The van der Waals surface area contributed by atoms with Crippen LogP contribution in [0, 0.1) is 13.8 Å². The first kappa shape index (κ1) is 17.5. The standard InChI is InChI=1S/C19H21NO4/c1-4-23-19(22)16-7-5-6-8-17(16)24-12-18(21)20-15-10-13(2)9-14(3)11-15/h5-11H,4,12H2,1-3H3,(H,20,21). The summed E-state index contributed by atoms with van der Waals surface area (Å²) in [5, 5.41) is 2.79. The fraction of sp³-hybridized carbons (Fsp3) is 0.263. The Morgan fingerprint density at radius 3 is 2.38 bits per heavy atom. The van der Waals surface area contributed by atoms with Crippen molar-refractivity contribution in [2.24, 2.45) is 0 Å². The lowest BCUT2D eigenvalue weighted by atomic mass is 10.1. The first-order valence-electron chi connectivity index (χ1n) is 7.76. The largest absolute Gasteiger partial charge is 0.483 e. The lowest BCUT2D eigenvalue weighted by Crippen LogP contribution is -2.21. The van der Waals surface area contributed by atoms with Gasteiger partial charge in [0.2, 0.25) is 0 Å². The number of benzene rings is 2. The molecular weight excluding hydrogens is 306 g/mol. The summed E-state index contributed by atoms with van der Waals surface area (Å²) >= 11 is 0. The molecule has 5 heteroatoms. The number of anilines is 1. The van der Waals surface area contributed by atoms with E-state index in [1.54, 1.807) is 31.2 Å². The van der Waals surface area contributed by atoms with Gasteiger partial charge in [0, 0.05) is 5.69 Å². The van der Waals surface area contributed by atoms with Crippen molar-refractivity contribution in [2.75, 3.05) is 18.5 Å². The van der Waals surface area contributed by atoms with Crippen molar-refractivity contribution in [1.82, 2.24) is 0 Å². The fourth-order valence-electron chi connectivity index (χ4n) is 2.36. The lowest BCUT2D eigenvalue weighted by Gasteiger charge is -2.11. The minimum absolute atomic E-state index is 0.191. The summed E-state index contributed by atoms with van der Waals surface area (Å²) in [7, 11) is 0. The highest BCUT2D eigenvalue weighted by Crippen LogP contribution is 2.19. The average Bonchev–Trinajstić information content (AvgIpc) is 2.52. The van der Waals surface area contributed by atoms with Crippen molar-refractivity contribution < 1.29 is 19.1 Å². The molecule has 2 rings (SSSR count). The fourth-order valence-corrected chi connectivity index (χ4v) is 2.36. The summed E-state index contributed by atoms with van der Waals surface area (Å²) in [6.07, 6.45) is 0. The van der Waals surface area contributed by atoms with Crippen molar-refractivity contribution in [3.05, 3.63) is 59.2 Å². The Balaban J connectivity index is 2.00. The molecule has 2 aromatic rings. The molecule has 0 bridgehead atoms.